The first-order chi connectivity index (χ1) is 16.6. The second-order valence-corrected chi connectivity index (χ2v) is 10.7. The SMILES string of the molecule is CCc1ncc(C(C)Cc2nc(C(C)C)cc(C(C)Cc3cc(C(C)C)nc(C(C)C)n3)n2)cn1. The van der Waals surface area contributed by atoms with Gasteiger partial charge in [0.1, 0.15) is 17.5 Å². The van der Waals surface area contributed by atoms with Crippen LogP contribution in [0.3, 0.4) is 0 Å². The zero-order valence-corrected chi connectivity index (χ0v) is 23.0. The van der Waals surface area contributed by atoms with E-state index in [9.17, 15) is 0 Å². The molecule has 3 heterocycles. The van der Waals surface area contributed by atoms with Crippen molar-refractivity contribution in [2.24, 2.45) is 0 Å². The van der Waals surface area contributed by atoms with Gasteiger partial charge in [-0.05, 0) is 41.9 Å². The van der Waals surface area contributed by atoms with Gasteiger partial charge in [-0.1, -0.05) is 62.3 Å². The highest BCUT2D eigenvalue weighted by Crippen LogP contribution is 2.26. The lowest BCUT2D eigenvalue weighted by Crippen LogP contribution is -2.13. The van der Waals surface area contributed by atoms with E-state index in [2.05, 4.69) is 84.4 Å². The van der Waals surface area contributed by atoms with Crippen molar-refractivity contribution in [2.45, 2.75) is 111 Å². The maximum atomic E-state index is 5.03. The van der Waals surface area contributed by atoms with Crippen molar-refractivity contribution < 1.29 is 0 Å². The van der Waals surface area contributed by atoms with E-state index in [1.807, 2.05) is 12.4 Å². The maximum Gasteiger partial charge on any atom is 0.131 e. The fraction of sp³-hybridized carbons (Fsp3) is 0.586. The summed E-state index contributed by atoms with van der Waals surface area (Å²) in [4.78, 5) is 28.6. The minimum atomic E-state index is 0.228. The molecule has 2 unspecified atom stereocenters. The molecule has 6 nitrogen and oxygen atoms in total. The lowest BCUT2D eigenvalue weighted by Gasteiger charge is -2.18. The lowest BCUT2D eigenvalue weighted by atomic mass is 9.96. The molecule has 0 saturated heterocycles. The molecule has 35 heavy (non-hydrogen) atoms. The summed E-state index contributed by atoms with van der Waals surface area (Å²) in [7, 11) is 0. The summed E-state index contributed by atoms with van der Waals surface area (Å²) in [5.74, 6) is 4.18. The van der Waals surface area contributed by atoms with Gasteiger partial charge >= 0.3 is 0 Å². The van der Waals surface area contributed by atoms with Gasteiger partial charge in [-0.15, -0.1) is 0 Å². The largest absolute Gasteiger partial charge is 0.241 e. The van der Waals surface area contributed by atoms with Gasteiger partial charge in [-0.3, -0.25) is 0 Å². The molecule has 188 valence electrons. The molecule has 0 saturated carbocycles. The Hall–Kier alpha value is -2.76. The Morgan fingerprint density at radius 1 is 0.600 bits per heavy atom. The minimum Gasteiger partial charge on any atom is -0.241 e. The zero-order valence-electron chi connectivity index (χ0n) is 23.0. The van der Waals surface area contributed by atoms with Crippen molar-refractivity contribution >= 4 is 0 Å². The highest BCUT2D eigenvalue weighted by Gasteiger charge is 2.18. The molecule has 0 fully saturated rings. The van der Waals surface area contributed by atoms with Crippen molar-refractivity contribution in [3.05, 3.63) is 70.3 Å². The molecule has 3 aromatic rings. The minimum absolute atomic E-state index is 0.228. The van der Waals surface area contributed by atoms with Crippen LogP contribution in [0, 0.1) is 0 Å². The molecule has 0 aliphatic heterocycles. The molecule has 3 aromatic heterocycles. The van der Waals surface area contributed by atoms with E-state index in [4.69, 9.17) is 19.9 Å². The number of hydrogen-bond donors (Lipinski definition) is 0. The van der Waals surface area contributed by atoms with E-state index < -0.39 is 0 Å². The van der Waals surface area contributed by atoms with Gasteiger partial charge in [-0.2, -0.15) is 0 Å². The van der Waals surface area contributed by atoms with Crippen LogP contribution in [-0.2, 0) is 19.3 Å². The summed E-state index contributed by atoms with van der Waals surface area (Å²) >= 11 is 0. The molecule has 3 rings (SSSR count). The molecule has 2 atom stereocenters. The first-order valence-corrected chi connectivity index (χ1v) is 13.1. The standard InChI is InChI=1S/C29H42N6/c1-10-27-30-15-22(16-31-27)20(8)12-28-33-25(18(4)5)14-26(34-28)21(9)11-23-13-24(17(2)3)35-29(32-23)19(6)7/h13-21H,10-12H2,1-9H3. The summed E-state index contributed by atoms with van der Waals surface area (Å²) in [5, 5.41) is 0. The van der Waals surface area contributed by atoms with E-state index in [1.165, 1.54) is 0 Å². The van der Waals surface area contributed by atoms with Crippen LogP contribution in [0.1, 0.15) is 138 Å². The Labute approximate surface area is 211 Å². The van der Waals surface area contributed by atoms with Crippen molar-refractivity contribution in [1.29, 1.82) is 0 Å². The van der Waals surface area contributed by atoms with E-state index in [0.29, 0.717) is 17.8 Å². The van der Waals surface area contributed by atoms with Crippen LogP contribution in [0.4, 0.5) is 0 Å². The third kappa shape index (κ3) is 7.12. The van der Waals surface area contributed by atoms with E-state index >= 15 is 0 Å². The van der Waals surface area contributed by atoms with Gasteiger partial charge < -0.3 is 0 Å². The van der Waals surface area contributed by atoms with Gasteiger partial charge in [0.05, 0.1) is 0 Å². The first-order valence-electron chi connectivity index (χ1n) is 13.1. The Morgan fingerprint density at radius 2 is 1.20 bits per heavy atom. The Bertz CT molecular complexity index is 1080. The maximum absolute atomic E-state index is 5.03. The van der Waals surface area contributed by atoms with Crippen LogP contribution in [0.25, 0.3) is 0 Å². The van der Waals surface area contributed by atoms with Gasteiger partial charge in [0, 0.05) is 59.8 Å². The van der Waals surface area contributed by atoms with Crippen LogP contribution in [0.5, 0.6) is 0 Å². The second-order valence-electron chi connectivity index (χ2n) is 10.7. The summed E-state index contributed by atoms with van der Waals surface area (Å²) in [5.41, 5.74) is 5.50. The van der Waals surface area contributed by atoms with E-state index in [0.717, 1.165) is 65.1 Å². The number of aryl methyl sites for hydroxylation is 1. The Balaban J connectivity index is 1.87. The number of nitrogens with zero attached hydrogens (tertiary/aromatic N) is 6. The average Bonchev–Trinajstić information content (AvgIpc) is 2.83. The molecule has 6 heteroatoms. The monoisotopic (exact) mass is 474 g/mol. The van der Waals surface area contributed by atoms with Crippen molar-refractivity contribution in [1.82, 2.24) is 29.9 Å². The summed E-state index contributed by atoms with van der Waals surface area (Å²) < 4.78 is 0. The Kier molecular flexibility index (Phi) is 9.03. The lowest BCUT2D eigenvalue weighted by molar-refractivity contribution is 0.644. The van der Waals surface area contributed by atoms with Crippen molar-refractivity contribution in [2.75, 3.05) is 0 Å². The highest BCUT2D eigenvalue weighted by atomic mass is 14.9. The van der Waals surface area contributed by atoms with Crippen LogP contribution >= 0.6 is 0 Å². The van der Waals surface area contributed by atoms with Gasteiger partial charge in [0.2, 0.25) is 0 Å². The highest BCUT2D eigenvalue weighted by molar-refractivity contribution is 5.23. The summed E-state index contributed by atoms with van der Waals surface area (Å²) in [6, 6.07) is 4.34. The number of hydrogen-bond acceptors (Lipinski definition) is 6. The summed E-state index contributed by atoms with van der Waals surface area (Å²) in [6.45, 7) is 19.6. The molecular weight excluding hydrogens is 432 g/mol. The molecule has 0 spiro atoms. The number of rotatable bonds is 10. The molecule has 0 N–H and O–H groups in total. The topological polar surface area (TPSA) is 77.3 Å². The van der Waals surface area contributed by atoms with E-state index in [-0.39, 0.29) is 11.8 Å². The van der Waals surface area contributed by atoms with Gasteiger partial charge in [-0.25, -0.2) is 29.9 Å². The van der Waals surface area contributed by atoms with Crippen molar-refractivity contribution in [3.63, 3.8) is 0 Å². The van der Waals surface area contributed by atoms with Gasteiger partial charge in [0.15, 0.2) is 0 Å². The van der Waals surface area contributed by atoms with Crippen LogP contribution < -0.4 is 0 Å². The number of aromatic nitrogens is 6. The van der Waals surface area contributed by atoms with E-state index in [1.54, 1.807) is 0 Å². The fourth-order valence-electron chi connectivity index (χ4n) is 3.99. The quantitative estimate of drug-likeness (QED) is 0.326. The van der Waals surface area contributed by atoms with Gasteiger partial charge in [0.25, 0.3) is 0 Å². The molecule has 0 bridgehead atoms. The first kappa shape index (κ1) is 26.8. The smallest absolute Gasteiger partial charge is 0.131 e. The van der Waals surface area contributed by atoms with Crippen molar-refractivity contribution in [3.8, 4) is 0 Å². The molecule has 0 aromatic carbocycles. The average molecular weight is 475 g/mol. The molecule has 0 amide bonds. The van der Waals surface area contributed by atoms with Crippen LogP contribution in [0.15, 0.2) is 24.5 Å². The third-order valence-electron chi connectivity index (χ3n) is 6.45. The zero-order chi connectivity index (χ0) is 25.7. The second kappa shape index (κ2) is 11.8. The molecule has 0 aliphatic carbocycles. The normalized spacial score (nSPS) is 13.6. The third-order valence-corrected chi connectivity index (χ3v) is 6.45. The van der Waals surface area contributed by atoms with Crippen LogP contribution in [0.2, 0.25) is 0 Å². The molecule has 0 aliphatic rings. The molecular formula is C29H42N6. The molecule has 0 radical (unpaired) electrons. The fourth-order valence-corrected chi connectivity index (χ4v) is 3.99. The predicted octanol–water partition coefficient (Wildman–Crippen LogP) is 6.68. The predicted molar refractivity (Wildman–Crippen MR) is 142 cm³/mol. The van der Waals surface area contributed by atoms with Crippen LogP contribution in [-0.4, -0.2) is 29.9 Å². The summed E-state index contributed by atoms with van der Waals surface area (Å²) in [6.07, 6.45) is 6.33. The Morgan fingerprint density at radius 3 is 1.77 bits per heavy atom.